The number of benzene rings is 2. The Bertz CT molecular complexity index is 1530. The van der Waals surface area contributed by atoms with Crippen molar-refractivity contribution < 1.29 is 32.3 Å². The van der Waals surface area contributed by atoms with Crippen molar-refractivity contribution in [3.63, 3.8) is 0 Å². The number of hydrogen-bond acceptors (Lipinski definition) is 7. The van der Waals surface area contributed by atoms with Crippen molar-refractivity contribution in [3.05, 3.63) is 77.2 Å². The number of alkyl carbamates (subject to hydrolysis) is 1. The lowest BCUT2D eigenvalue weighted by Gasteiger charge is -2.34. The molecule has 45 heavy (non-hydrogen) atoms. The molecule has 1 aliphatic heterocycles. The van der Waals surface area contributed by atoms with E-state index in [0.29, 0.717) is 48.7 Å². The number of rotatable bonds is 7. The Kier molecular flexibility index (Phi) is 9.99. The zero-order chi connectivity index (χ0) is 32.9. The molecule has 0 bridgehead atoms. The van der Waals surface area contributed by atoms with E-state index in [1.54, 1.807) is 62.9 Å². The molecule has 3 aromatic rings. The van der Waals surface area contributed by atoms with Crippen LogP contribution in [0.1, 0.15) is 67.8 Å². The van der Waals surface area contributed by atoms with Crippen molar-refractivity contribution in [2.45, 2.75) is 59.0 Å². The Morgan fingerprint density at radius 3 is 2.22 bits per heavy atom. The van der Waals surface area contributed by atoms with Crippen LogP contribution in [0.3, 0.4) is 0 Å². The van der Waals surface area contributed by atoms with Gasteiger partial charge in [-0.25, -0.2) is 14.8 Å². The van der Waals surface area contributed by atoms with E-state index in [4.69, 9.17) is 4.74 Å². The molecule has 2 heterocycles. The maximum atomic E-state index is 13.6. The third kappa shape index (κ3) is 8.93. The number of nitrogens with zero attached hydrogens (tertiary/aromatic N) is 4. The number of aromatic nitrogens is 2. The van der Waals surface area contributed by atoms with Gasteiger partial charge in [0, 0.05) is 45.7 Å². The maximum Gasteiger partial charge on any atom is 0.416 e. The monoisotopic (exact) mass is 626 g/mol. The van der Waals surface area contributed by atoms with Gasteiger partial charge in [0.1, 0.15) is 23.4 Å². The average Bonchev–Trinajstić information content (AvgIpc) is 2.98. The fraction of sp³-hybridized carbons (Fsp3) is 0.406. The normalized spacial score (nSPS) is 14.5. The van der Waals surface area contributed by atoms with Gasteiger partial charge >= 0.3 is 12.3 Å². The minimum atomic E-state index is -4.55. The van der Waals surface area contributed by atoms with Crippen LogP contribution in [0.2, 0.25) is 0 Å². The van der Waals surface area contributed by atoms with Gasteiger partial charge in [-0.3, -0.25) is 9.59 Å². The first-order valence-electron chi connectivity index (χ1n) is 14.5. The first-order valence-corrected chi connectivity index (χ1v) is 14.5. The molecular weight excluding hydrogens is 589 g/mol. The molecular formula is C32H37F3N6O4. The number of halogens is 3. The van der Waals surface area contributed by atoms with Crippen molar-refractivity contribution in [2.75, 3.05) is 31.1 Å². The number of amides is 3. The van der Waals surface area contributed by atoms with Gasteiger partial charge in [-0.05, 0) is 62.1 Å². The van der Waals surface area contributed by atoms with E-state index in [0.717, 1.165) is 17.7 Å². The Labute approximate surface area is 260 Å². The van der Waals surface area contributed by atoms with Crippen LogP contribution in [-0.2, 0) is 22.3 Å². The number of carbonyl (C=O) groups is 3. The fourth-order valence-corrected chi connectivity index (χ4v) is 4.86. The smallest absolute Gasteiger partial charge is 0.416 e. The molecule has 0 aliphatic carbocycles. The van der Waals surface area contributed by atoms with E-state index in [9.17, 15) is 27.6 Å². The third-order valence-electron chi connectivity index (χ3n) is 7.26. The van der Waals surface area contributed by atoms with Crippen LogP contribution < -0.4 is 15.5 Å². The average molecular weight is 627 g/mol. The molecule has 240 valence electrons. The van der Waals surface area contributed by atoms with Crippen LogP contribution in [0.5, 0.6) is 0 Å². The van der Waals surface area contributed by atoms with E-state index in [1.807, 2.05) is 4.90 Å². The highest BCUT2D eigenvalue weighted by atomic mass is 19.4. The zero-order valence-electron chi connectivity index (χ0n) is 25.9. The number of piperazine rings is 1. The zero-order valence-corrected chi connectivity index (χ0v) is 25.9. The van der Waals surface area contributed by atoms with Crippen LogP contribution in [0, 0.1) is 0 Å². The molecule has 1 saturated heterocycles. The third-order valence-corrected chi connectivity index (χ3v) is 7.26. The molecule has 2 aromatic carbocycles. The maximum absolute atomic E-state index is 13.6. The van der Waals surface area contributed by atoms with Crippen molar-refractivity contribution in [1.29, 1.82) is 0 Å². The van der Waals surface area contributed by atoms with Crippen LogP contribution in [0.15, 0.2) is 54.9 Å². The highest BCUT2D eigenvalue weighted by Gasteiger charge is 2.31. The summed E-state index contributed by atoms with van der Waals surface area (Å²) in [6, 6.07) is 11.3. The highest BCUT2D eigenvalue weighted by Crippen LogP contribution is 2.34. The lowest BCUT2D eigenvalue weighted by atomic mass is 9.95. The van der Waals surface area contributed by atoms with Gasteiger partial charge < -0.3 is 25.2 Å². The predicted octanol–water partition coefficient (Wildman–Crippen LogP) is 5.35. The minimum absolute atomic E-state index is 0.0184. The summed E-state index contributed by atoms with van der Waals surface area (Å²) < 4.78 is 45.9. The lowest BCUT2D eigenvalue weighted by Crippen LogP contribution is -2.48. The Hall–Kier alpha value is -4.68. The molecule has 0 spiro atoms. The molecule has 0 saturated carbocycles. The molecule has 4 rings (SSSR count). The van der Waals surface area contributed by atoms with Crippen LogP contribution in [0.4, 0.5) is 23.8 Å². The lowest BCUT2D eigenvalue weighted by molar-refractivity contribution is -0.137. The van der Waals surface area contributed by atoms with Crippen molar-refractivity contribution in [3.8, 4) is 11.1 Å². The van der Waals surface area contributed by atoms with E-state index in [2.05, 4.69) is 20.6 Å². The molecule has 1 atom stereocenters. The number of carbonyl (C=O) groups excluding carboxylic acids is 3. The molecule has 1 fully saturated rings. The van der Waals surface area contributed by atoms with Crippen molar-refractivity contribution in [2.24, 2.45) is 0 Å². The molecule has 13 heteroatoms. The van der Waals surface area contributed by atoms with E-state index < -0.39 is 35.4 Å². The standard InChI is InChI=1S/C32H37F3N6O4/c1-20(39-29(43)27-17-28(38-19-37-27)41-14-12-40(13-15-41)21(2)42)22-6-8-23(9-7-22)26-16-25(32(33,34)35)11-10-24(26)18-36-30(44)45-31(3,4)5/h6-11,16-17,19-20H,12-15,18H2,1-5H3,(H,36,44)(H,39,43)/t20-/m1/s1. The molecule has 10 nitrogen and oxygen atoms in total. The number of ether oxygens (including phenoxy) is 1. The van der Waals surface area contributed by atoms with Crippen molar-refractivity contribution in [1.82, 2.24) is 25.5 Å². The second-order valence-corrected chi connectivity index (χ2v) is 11.8. The van der Waals surface area contributed by atoms with E-state index in [1.165, 1.54) is 19.3 Å². The van der Waals surface area contributed by atoms with Crippen molar-refractivity contribution >= 4 is 23.7 Å². The molecule has 1 aromatic heterocycles. The SMILES string of the molecule is CC(=O)N1CCN(c2cc(C(=O)N[C@H](C)c3ccc(-c4cc(C(F)(F)F)ccc4CNC(=O)OC(C)(C)C)cc3)ncn2)CC1. The predicted molar refractivity (Wildman–Crippen MR) is 162 cm³/mol. The summed E-state index contributed by atoms with van der Waals surface area (Å²) in [5.74, 6) is 0.198. The molecule has 2 N–H and O–H groups in total. The number of anilines is 1. The van der Waals surface area contributed by atoms with E-state index >= 15 is 0 Å². The number of nitrogens with one attached hydrogen (secondary N) is 2. The topological polar surface area (TPSA) is 117 Å². The van der Waals surface area contributed by atoms with Gasteiger partial charge in [0.2, 0.25) is 5.91 Å². The van der Waals surface area contributed by atoms with Crippen LogP contribution in [-0.4, -0.2) is 64.6 Å². The quantitative estimate of drug-likeness (QED) is 0.363. The van der Waals surface area contributed by atoms with Gasteiger partial charge in [0.15, 0.2) is 0 Å². The second kappa shape index (κ2) is 13.5. The summed E-state index contributed by atoms with van der Waals surface area (Å²) in [4.78, 5) is 49.0. The first kappa shape index (κ1) is 33.2. The Morgan fingerprint density at radius 2 is 1.62 bits per heavy atom. The number of hydrogen-bond donors (Lipinski definition) is 2. The summed E-state index contributed by atoms with van der Waals surface area (Å²) in [6.07, 6.45) is -3.90. The summed E-state index contributed by atoms with van der Waals surface area (Å²) in [7, 11) is 0. The summed E-state index contributed by atoms with van der Waals surface area (Å²) >= 11 is 0. The van der Waals surface area contributed by atoms with Gasteiger partial charge in [0.25, 0.3) is 5.91 Å². The second-order valence-electron chi connectivity index (χ2n) is 11.8. The Morgan fingerprint density at radius 1 is 0.956 bits per heavy atom. The fourth-order valence-electron chi connectivity index (χ4n) is 4.86. The molecule has 1 aliphatic rings. The van der Waals surface area contributed by atoms with Gasteiger partial charge in [0.05, 0.1) is 11.6 Å². The molecule has 0 unspecified atom stereocenters. The van der Waals surface area contributed by atoms with E-state index in [-0.39, 0.29) is 18.1 Å². The Balaban J connectivity index is 1.46. The summed E-state index contributed by atoms with van der Waals surface area (Å²) in [5, 5.41) is 5.51. The molecule has 0 radical (unpaired) electrons. The largest absolute Gasteiger partial charge is 0.444 e. The summed E-state index contributed by atoms with van der Waals surface area (Å²) in [6.45, 7) is 10.7. The molecule has 3 amide bonds. The van der Waals surface area contributed by atoms with Crippen LogP contribution in [0.25, 0.3) is 11.1 Å². The highest BCUT2D eigenvalue weighted by molar-refractivity contribution is 5.93. The summed E-state index contributed by atoms with van der Waals surface area (Å²) in [5.41, 5.74) is 0.665. The number of alkyl halides is 3. The van der Waals surface area contributed by atoms with Crippen LogP contribution >= 0.6 is 0 Å². The van der Waals surface area contributed by atoms with Gasteiger partial charge in [-0.1, -0.05) is 30.3 Å². The first-order chi connectivity index (χ1) is 21.1. The van der Waals surface area contributed by atoms with Gasteiger partial charge in [-0.2, -0.15) is 13.2 Å². The minimum Gasteiger partial charge on any atom is -0.444 e. The van der Waals surface area contributed by atoms with Gasteiger partial charge in [-0.15, -0.1) is 0 Å².